The van der Waals surface area contributed by atoms with E-state index in [1.54, 1.807) is 24.3 Å². The van der Waals surface area contributed by atoms with Crippen molar-refractivity contribution < 1.29 is 9.53 Å². The molecular weight excluding hydrogens is 418 g/mol. The fourth-order valence-electron chi connectivity index (χ4n) is 3.31. The summed E-state index contributed by atoms with van der Waals surface area (Å²) in [6.45, 7) is 2.03. The number of carbonyl (C=O) groups excluding carboxylic acids is 1. The van der Waals surface area contributed by atoms with E-state index in [1.807, 2.05) is 55.5 Å². The van der Waals surface area contributed by atoms with Crippen LogP contribution in [0.15, 0.2) is 84.9 Å². The Balaban J connectivity index is 1.27. The van der Waals surface area contributed by atoms with Crippen LogP contribution in [-0.2, 0) is 12.8 Å². The van der Waals surface area contributed by atoms with Crippen molar-refractivity contribution in [3.05, 3.63) is 107 Å². The second-order valence-corrected chi connectivity index (χ2v) is 8.38. The number of nitrogens with one attached hydrogen (secondary N) is 1. The minimum absolute atomic E-state index is 0.0850. The molecule has 162 valence electrons. The van der Waals surface area contributed by atoms with E-state index in [-0.39, 0.29) is 11.9 Å². The van der Waals surface area contributed by atoms with Crippen molar-refractivity contribution in [1.82, 2.24) is 14.7 Å². The average molecular weight is 444 g/mol. The maximum absolute atomic E-state index is 12.5. The highest BCUT2D eigenvalue weighted by Crippen LogP contribution is 2.24. The third-order valence-corrected chi connectivity index (χ3v) is 5.70. The van der Waals surface area contributed by atoms with Crippen LogP contribution in [0.4, 0.5) is 0 Å². The van der Waals surface area contributed by atoms with E-state index >= 15 is 0 Å². The fraction of sp³-hybridized carbons (Fsp3) is 0.192. The molecule has 1 amide bonds. The van der Waals surface area contributed by atoms with E-state index in [0.717, 1.165) is 24.2 Å². The number of rotatable bonds is 9. The summed E-state index contributed by atoms with van der Waals surface area (Å²) in [4.78, 5) is 17.0. The molecular formula is C26H25N3O2S. The van der Waals surface area contributed by atoms with Gasteiger partial charge in [-0.2, -0.15) is 9.36 Å². The largest absolute Gasteiger partial charge is 0.430 e. The first-order valence-electron chi connectivity index (χ1n) is 10.6. The van der Waals surface area contributed by atoms with Crippen molar-refractivity contribution >= 4 is 17.4 Å². The maximum atomic E-state index is 12.5. The van der Waals surface area contributed by atoms with Gasteiger partial charge >= 0.3 is 0 Å². The third kappa shape index (κ3) is 6.25. The number of hydrogen-bond donors (Lipinski definition) is 1. The number of carbonyl (C=O) groups is 1. The van der Waals surface area contributed by atoms with Gasteiger partial charge in [-0.3, -0.25) is 4.79 Å². The Morgan fingerprint density at radius 2 is 1.59 bits per heavy atom. The van der Waals surface area contributed by atoms with Crippen LogP contribution in [0.1, 0.15) is 40.7 Å². The van der Waals surface area contributed by atoms with Crippen LogP contribution in [0.2, 0.25) is 0 Å². The monoisotopic (exact) mass is 443 g/mol. The zero-order chi connectivity index (χ0) is 22.2. The highest BCUT2D eigenvalue weighted by atomic mass is 32.1. The first-order valence-corrected chi connectivity index (χ1v) is 11.4. The SMILES string of the molecule is CC(CCc1ccccc1)NC(=O)c1ccc(Oc2nc(Cc3ccccc3)ns2)cc1. The molecule has 0 radical (unpaired) electrons. The normalized spacial score (nSPS) is 11.7. The van der Waals surface area contributed by atoms with E-state index < -0.39 is 0 Å². The van der Waals surface area contributed by atoms with Crippen molar-refractivity contribution in [1.29, 1.82) is 0 Å². The first kappa shape index (κ1) is 21.7. The van der Waals surface area contributed by atoms with E-state index in [1.165, 1.54) is 17.1 Å². The molecule has 0 aliphatic rings. The Morgan fingerprint density at radius 3 is 2.28 bits per heavy atom. The summed E-state index contributed by atoms with van der Waals surface area (Å²) in [5.41, 5.74) is 3.04. The highest BCUT2D eigenvalue weighted by Gasteiger charge is 2.11. The molecule has 6 heteroatoms. The summed E-state index contributed by atoms with van der Waals surface area (Å²) < 4.78 is 10.2. The summed E-state index contributed by atoms with van der Waals surface area (Å²) in [6, 6.07) is 27.6. The van der Waals surface area contributed by atoms with Crippen molar-refractivity contribution in [3.63, 3.8) is 0 Å². The predicted molar refractivity (Wildman–Crippen MR) is 127 cm³/mol. The van der Waals surface area contributed by atoms with E-state index in [2.05, 4.69) is 26.8 Å². The molecule has 0 spiro atoms. The number of aromatic nitrogens is 2. The van der Waals surface area contributed by atoms with Gasteiger partial charge in [-0.25, -0.2) is 0 Å². The zero-order valence-corrected chi connectivity index (χ0v) is 18.7. The Bertz CT molecular complexity index is 1130. The molecule has 0 bridgehead atoms. The molecule has 0 saturated carbocycles. The van der Waals surface area contributed by atoms with Gasteiger partial charge < -0.3 is 10.1 Å². The lowest BCUT2D eigenvalue weighted by Crippen LogP contribution is -2.32. The number of ether oxygens (including phenoxy) is 1. The Hall–Kier alpha value is -3.51. The van der Waals surface area contributed by atoms with Crippen molar-refractivity contribution in [3.8, 4) is 10.9 Å². The van der Waals surface area contributed by atoms with Crippen LogP contribution in [0.5, 0.6) is 10.9 Å². The maximum Gasteiger partial charge on any atom is 0.298 e. The van der Waals surface area contributed by atoms with Gasteiger partial charge in [0.15, 0.2) is 5.82 Å². The van der Waals surface area contributed by atoms with E-state index in [4.69, 9.17) is 4.74 Å². The number of amides is 1. The molecule has 1 heterocycles. The molecule has 1 atom stereocenters. The number of nitrogens with zero attached hydrogens (tertiary/aromatic N) is 2. The van der Waals surface area contributed by atoms with Gasteiger partial charge in [-0.15, -0.1) is 0 Å². The van der Waals surface area contributed by atoms with Gasteiger partial charge in [0, 0.05) is 29.6 Å². The van der Waals surface area contributed by atoms with Crippen LogP contribution in [0.25, 0.3) is 0 Å². The predicted octanol–water partition coefficient (Wildman–Crippen LogP) is 5.67. The van der Waals surface area contributed by atoms with Gasteiger partial charge in [0.1, 0.15) is 5.75 Å². The molecule has 0 fully saturated rings. The summed E-state index contributed by atoms with van der Waals surface area (Å²) in [7, 11) is 0. The molecule has 0 aliphatic carbocycles. The first-order chi connectivity index (χ1) is 15.7. The van der Waals surface area contributed by atoms with Gasteiger partial charge in [-0.05, 0) is 55.2 Å². The lowest BCUT2D eigenvalue weighted by atomic mass is 10.1. The lowest BCUT2D eigenvalue weighted by Gasteiger charge is -2.14. The smallest absolute Gasteiger partial charge is 0.298 e. The van der Waals surface area contributed by atoms with Crippen LogP contribution >= 0.6 is 11.5 Å². The van der Waals surface area contributed by atoms with Gasteiger partial charge in [-0.1, -0.05) is 60.7 Å². The minimum Gasteiger partial charge on any atom is -0.430 e. The summed E-state index contributed by atoms with van der Waals surface area (Å²) in [5, 5.41) is 3.55. The summed E-state index contributed by atoms with van der Waals surface area (Å²) in [5.74, 6) is 1.27. The van der Waals surface area contributed by atoms with E-state index in [0.29, 0.717) is 22.9 Å². The highest BCUT2D eigenvalue weighted by molar-refractivity contribution is 7.07. The molecule has 0 aliphatic heterocycles. The standard InChI is InChI=1S/C26H25N3O2S/c1-19(12-13-20-8-4-2-5-9-20)27-25(30)22-14-16-23(17-15-22)31-26-28-24(29-32-26)18-21-10-6-3-7-11-21/h2-11,14-17,19H,12-13,18H2,1H3,(H,27,30). The van der Waals surface area contributed by atoms with Gasteiger partial charge in [0.2, 0.25) is 0 Å². The fourth-order valence-corrected chi connectivity index (χ4v) is 3.88. The molecule has 4 aromatic rings. The Labute approximate surface area is 192 Å². The van der Waals surface area contributed by atoms with Crippen molar-refractivity contribution in [2.24, 2.45) is 0 Å². The molecule has 32 heavy (non-hydrogen) atoms. The number of hydrogen-bond acceptors (Lipinski definition) is 5. The molecule has 1 aromatic heterocycles. The molecule has 4 rings (SSSR count). The van der Waals surface area contributed by atoms with Crippen molar-refractivity contribution in [2.75, 3.05) is 0 Å². The lowest BCUT2D eigenvalue weighted by molar-refractivity contribution is 0.0938. The Kier molecular flexibility index (Phi) is 7.25. The summed E-state index contributed by atoms with van der Waals surface area (Å²) in [6.07, 6.45) is 2.49. The quantitative estimate of drug-likeness (QED) is 0.362. The van der Waals surface area contributed by atoms with Crippen LogP contribution < -0.4 is 10.1 Å². The number of benzene rings is 3. The second kappa shape index (κ2) is 10.7. The van der Waals surface area contributed by atoms with Crippen molar-refractivity contribution in [2.45, 2.75) is 32.2 Å². The summed E-state index contributed by atoms with van der Waals surface area (Å²) >= 11 is 1.22. The van der Waals surface area contributed by atoms with Gasteiger partial charge in [0.25, 0.3) is 11.1 Å². The Morgan fingerprint density at radius 1 is 0.938 bits per heavy atom. The van der Waals surface area contributed by atoms with E-state index in [9.17, 15) is 4.79 Å². The molecule has 5 nitrogen and oxygen atoms in total. The third-order valence-electron chi connectivity index (χ3n) is 5.06. The molecule has 0 saturated heterocycles. The minimum atomic E-state index is -0.0850. The van der Waals surface area contributed by atoms with Crippen LogP contribution in [0.3, 0.4) is 0 Å². The second-order valence-electron chi connectivity index (χ2n) is 7.66. The van der Waals surface area contributed by atoms with Crippen LogP contribution in [-0.4, -0.2) is 21.3 Å². The zero-order valence-electron chi connectivity index (χ0n) is 17.9. The average Bonchev–Trinajstić information content (AvgIpc) is 3.26. The molecule has 3 aromatic carbocycles. The topological polar surface area (TPSA) is 64.1 Å². The van der Waals surface area contributed by atoms with Crippen LogP contribution in [0, 0.1) is 0 Å². The van der Waals surface area contributed by atoms with Gasteiger partial charge in [0.05, 0.1) is 0 Å². The molecule has 1 unspecified atom stereocenters. The molecule has 1 N–H and O–H groups in total. The number of aryl methyl sites for hydroxylation is 1.